The van der Waals surface area contributed by atoms with Gasteiger partial charge in [0, 0.05) is 45.3 Å². The fourth-order valence-corrected chi connectivity index (χ4v) is 3.75. The van der Waals surface area contributed by atoms with Gasteiger partial charge >= 0.3 is 0 Å². The summed E-state index contributed by atoms with van der Waals surface area (Å²) >= 11 is 0. The molecule has 0 aliphatic carbocycles. The zero-order valence-electron chi connectivity index (χ0n) is 15.1. The van der Waals surface area contributed by atoms with Crippen LogP contribution in [0.2, 0.25) is 0 Å². The monoisotopic (exact) mass is 359 g/mol. The second-order valence-corrected chi connectivity index (χ2v) is 6.98. The molecule has 2 aliphatic heterocycles. The summed E-state index contributed by atoms with van der Waals surface area (Å²) in [5.74, 6) is 2.16. The van der Waals surface area contributed by atoms with E-state index in [0.717, 1.165) is 63.9 Å². The number of aromatic amines is 1. The van der Waals surface area contributed by atoms with Crippen LogP contribution in [0.25, 0.3) is 0 Å². The number of aromatic nitrogens is 5. The molecule has 1 unspecified atom stereocenters. The minimum absolute atomic E-state index is 0.00269. The van der Waals surface area contributed by atoms with Gasteiger partial charge in [-0.3, -0.25) is 14.8 Å². The zero-order chi connectivity index (χ0) is 17.9. The lowest BCUT2D eigenvalue weighted by Gasteiger charge is -2.32. The number of amides is 1. The van der Waals surface area contributed by atoms with Crippen LogP contribution >= 0.6 is 0 Å². The summed E-state index contributed by atoms with van der Waals surface area (Å²) in [4.78, 5) is 16.8. The molecular weight excluding hydrogens is 334 g/mol. The molecule has 26 heavy (non-hydrogen) atoms. The van der Waals surface area contributed by atoms with Gasteiger partial charge < -0.3 is 14.2 Å². The van der Waals surface area contributed by atoms with Gasteiger partial charge in [0.05, 0.1) is 19.8 Å². The lowest BCUT2D eigenvalue weighted by atomic mass is 9.97. The van der Waals surface area contributed by atoms with Gasteiger partial charge in [0.1, 0.15) is 17.3 Å². The molecule has 0 radical (unpaired) electrons. The van der Waals surface area contributed by atoms with Crippen LogP contribution in [-0.2, 0) is 18.3 Å². The van der Waals surface area contributed by atoms with Crippen LogP contribution in [0.1, 0.15) is 40.9 Å². The second-order valence-electron chi connectivity index (χ2n) is 6.98. The molecule has 4 rings (SSSR count). The maximum atomic E-state index is 12.6. The molecule has 1 amide bonds. The highest BCUT2D eigenvalue weighted by Crippen LogP contribution is 2.26. The third-order valence-electron chi connectivity index (χ3n) is 5.27. The molecule has 2 saturated heterocycles. The van der Waals surface area contributed by atoms with Gasteiger partial charge in [-0.25, -0.2) is 0 Å². The van der Waals surface area contributed by atoms with Gasteiger partial charge in [-0.2, -0.15) is 5.10 Å². The summed E-state index contributed by atoms with van der Waals surface area (Å²) < 4.78 is 7.51. The van der Waals surface area contributed by atoms with Crippen molar-refractivity contribution < 1.29 is 9.53 Å². The molecule has 1 N–H and O–H groups in total. The standard InChI is InChI=1S/C17H25N7O2/c1-22-15(12-23-7-9-26-10-8-23)20-21-16(22)13-3-2-6-24(11-13)17(25)14-4-5-18-19-14/h4-5,13H,2-3,6-12H2,1H3,(H,18,19). The minimum atomic E-state index is 0.00269. The first-order valence-corrected chi connectivity index (χ1v) is 9.19. The largest absolute Gasteiger partial charge is 0.379 e. The number of piperidine rings is 1. The van der Waals surface area contributed by atoms with E-state index in [1.54, 1.807) is 12.3 Å². The van der Waals surface area contributed by atoms with Crippen molar-refractivity contribution in [1.82, 2.24) is 34.8 Å². The van der Waals surface area contributed by atoms with Crippen LogP contribution < -0.4 is 0 Å². The topological polar surface area (TPSA) is 92.2 Å². The highest BCUT2D eigenvalue weighted by atomic mass is 16.5. The molecule has 2 fully saturated rings. The van der Waals surface area contributed by atoms with E-state index < -0.39 is 0 Å². The first-order valence-electron chi connectivity index (χ1n) is 9.19. The maximum Gasteiger partial charge on any atom is 0.271 e. The summed E-state index contributed by atoms with van der Waals surface area (Å²) in [6.45, 7) is 5.64. The minimum Gasteiger partial charge on any atom is -0.379 e. The van der Waals surface area contributed by atoms with E-state index in [9.17, 15) is 4.79 Å². The molecule has 0 spiro atoms. The van der Waals surface area contributed by atoms with Crippen LogP contribution in [0.4, 0.5) is 0 Å². The SMILES string of the molecule is Cn1c(CN2CCOCC2)nnc1C1CCCN(C(=O)c2ccn[nH]2)C1. The van der Waals surface area contributed by atoms with Crippen LogP contribution in [0.15, 0.2) is 12.3 Å². The quantitative estimate of drug-likeness (QED) is 0.849. The number of ether oxygens (including phenoxy) is 1. The number of likely N-dealkylation sites (tertiary alicyclic amines) is 1. The molecule has 0 saturated carbocycles. The highest BCUT2D eigenvalue weighted by molar-refractivity contribution is 5.92. The Balaban J connectivity index is 1.44. The number of hydrogen-bond acceptors (Lipinski definition) is 6. The molecule has 140 valence electrons. The Kier molecular flexibility index (Phi) is 4.98. The zero-order valence-corrected chi connectivity index (χ0v) is 15.1. The third kappa shape index (κ3) is 3.49. The summed E-state index contributed by atoms with van der Waals surface area (Å²) in [5, 5.41) is 15.5. The molecule has 2 aromatic rings. The lowest BCUT2D eigenvalue weighted by molar-refractivity contribution is 0.0326. The average Bonchev–Trinajstić information content (AvgIpc) is 3.33. The molecular formula is C17H25N7O2. The molecule has 9 heteroatoms. The first kappa shape index (κ1) is 17.2. The number of hydrogen-bond donors (Lipinski definition) is 1. The molecule has 1 atom stereocenters. The summed E-state index contributed by atoms with van der Waals surface area (Å²) in [5.41, 5.74) is 0.539. The number of carbonyl (C=O) groups excluding carboxylic acids is 1. The highest BCUT2D eigenvalue weighted by Gasteiger charge is 2.29. The van der Waals surface area contributed by atoms with Crippen molar-refractivity contribution in [2.75, 3.05) is 39.4 Å². The molecule has 2 aliphatic rings. The normalized spacial score (nSPS) is 21.9. The van der Waals surface area contributed by atoms with Gasteiger partial charge in [0.2, 0.25) is 0 Å². The summed E-state index contributed by atoms with van der Waals surface area (Å²) in [6, 6.07) is 1.72. The van der Waals surface area contributed by atoms with Crippen LogP contribution in [-0.4, -0.2) is 80.1 Å². The van der Waals surface area contributed by atoms with Crippen molar-refractivity contribution >= 4 is 5.91 Å². The Hall–Kier alpha value is -2.26. The Morgan fingerprint density at radius 3 is 2.92 bits per heavy atom. The predicted octanol–water partition coefficient (Wildman–Crippen LogP) is 0.390. The van der Waals surface area contributed by atoms with Crippen molar-refractivity contribution in [1.29, 1.82) is 0 Å². The van der Waals surface area contributed by atoms with E-state index in [0.29, 0.717) is 12.2 Å². The number of nitrogens with one attached hydrogen (secondary N) is 1. The average molecular weight is 359 g/mol. The second kappa shape index (κ2) is 7.55. The van der Waals surface area contributed by atoms with Crippen LogP contribution in [0.5, 0.6) is 0 Å². The Bertz CT molecular complexity index is 736. The van der Waals surface area contributed by atoms with Crippen molar-refractivity contribution in [3.63, 3.8) is 0 Å². The number of morpholine rings is 1. The van der Waals surface area contributed by atoms with Gasteiger partial charge in [-0.05, 0) is 18.9 Å². The van der Waals surface area contributed by atoms with E-state index >= 15 is 0 Å². The number of carbonyl (C=O) groups is 1. The number of rotatable bonds is 4. The first-order chi connectivity index (χ1) is 12.7. The van der Waals surface area contributed by atoms with E-state index in [4.69, 9.17) is 4.74 Å². The van der Waals surface area contributed by atoms with Crippen molar-refractivity contribution in [3.05, 3.63) is 29.6 Å². The Labute approximate surface area is 152 Å². The Morgan fingerprint density at radius 1 is 1.31 bits per heavy atom. The fourth-order valence-electron chi connectivity index (χ4n) is 3.75. The number of H-pyrrole nitrogens is 1. The van der Waals surface area contributed by atoms with E-state index in [-0.39, 0.29) is 11.8 Å². The van der Waals surface area contributed by atoms with Gasteiger partial charge in [0.15, 0.2) is 0 Å². The van der Waals surface area contributed by atoms with E-state index in [2.05, 4.69) is 29.9 Å². The Morgan fingerprint density at radius 2 is 2.15 bits per heavy atom. The summed E-state index contributed by atoms with van der Waals surface area (Å²) in [7, 11) is 2.03. The predicted molar refractivity (Wildman–Crippen MR) is 93.6 cm³/mol. The fraction of sp³-hybridized carbons (Fsp3) is 0.647. The molecule has 0 bridgehead atoms. The van der Waals surface area contributed by atoms with E-state index in [1.807, 2.05) is 11.9 Å². The van der Waals surface area contributed by atoms with Gasteiger partial charge in [0.25, 0.3) is 5.91 Å². The van der Waals surface area contributed by atoms with Crippen molar-refractivity contribution in [2.45, 2.75) is 25.3 Å². The maximum absolute atomic E-state index is 12.6. The van der Waals surface area contributed by atoms with Crippen LogP contribution in [0.3, 0.4) is 0 Å². The third-order valence-corrected chi connectivity index (χ3v) is 5.27. The molecule has 4 heterocycles. The summed E-state index contributed by atoms with van der Waals surface area (Å²) in [6.07, 6.45) is 3.60. The molecule has 0 aromatic carbocycles. The lowest BCUT2D eigenvalue weighted by Crippen LogP contribution is -2.40. The van der Waals surface area contributed by atoms with Gasteiger partial charge in [-0.1, -0.05) is 0 Å². The smallest absolute Gasteiger partial charge is 0.271 e. The van der Waals surface area contributed by atoms with E-state index in [1.165, 1.54) is 0 Å². The van der Waals surface area contributed by atoms with Crippen molar-refractivity contribution in [3.8, 4) is 0 Å². The van der Waals surface area contributed by atoms with Crippen molar-refractivity contribution in [2.24, 2.45) is 7.05 Å². The number of nitrogens with zero attached hydrogens (tertiary/aromatic N) is 6. The van der Waals surface area contributed by atoms with Gasteiger partial charge in [-0.15, -0.1) is 10.2 Å². The van der Waals surface area contributed by atoms with Crippen LogP contribution in [0, 0.1) is 0 Å². The molecule has 2 aromatic heterocycles. The molecule has 9 nitrogen and oxygen atoms in total.